The highest BCUT2D eigenvalue weighted by Gasteiger charge is 2.77. The summed E-state index contributed by atoms with van der Waals surface area (Å²) in [5.41, 5.74) is 4.61. The number of carbonyl (C=O) groups excluding carboxylic acids is 1. The molecule has 1 saturated carbocycles. The van der Waals surface area contributed by atoms with E-state index in [1.807, 2.05) is 19.1 Å². The minimum absolute atomic E-state index is 0.205. The first-order chi connectivity index (χ1) is 14.2. The SMILES string of the molecule is CCOC1=C2[C@]3(C)C(C)=C(C)[C@@](C)(C3C)[C@@]2(c2ccccc2)C(=O)C(CCCCl)=C1. The third kappa shape index (κ3) is 2.24. The smallest absolute Gasteiger partial charge is 0.174 e. The Hall–Kier alpha value is -1.80. The Labute approximate surface area is 186 Å². The topological polar surface area (TPSA) is 26.3 Å². The lowest BCUT2D eigenvalue weighted by atomic mass is 9.50. The van der Waals surface area contributed by atoms with Gasteiger partial charge >= 0.3 is 0 Å². The lowest BCUT2D eigenvalue weighted by Crippen LogP contribution is -2.53. The van der Waals surface area contributed by atoms with E-state index in [1.54, 1.807) is 0 Å². The maximum Gasteiger partial charge on any atom is 0.174 e. The van der Waals surface area contributed by atoms with Crippen molar-refractivity contribution in [1.82, 2.24) is 0 Å². The van der Waals surface area contributed by atoms with Crippen molar-refractivity contribution in [2.75, 3.05) is 12.5 Å². The molecule has 0 N–H and O–H groups in total. The first kappa shape index (κ1) is 21.4. The number of allylic oxidation sites excluding steroid dienone is 5. The monoisotopic (exact) mass is 424 g/mol. The third-order valence-electron chi connectivity index (χ3n) is 8.80. The molecule has 3 aliphatic rings. The fourth-order valence-electron chi connectivity index (χ4n) is 6.97. The average molecular weight is 425 g/mol. The van der Waals surface area contributed by atoms with Crippen LogP contribution in [0.2, 0.25) is 0 Å². The second-order valence-electron chi connectivity index (χ2n) is 9.46. The standard InChI is InChI=1S/C27H33ClO2/c1-7-30-22-16-20(12-11-15-28)24(29)27(21-13-9-8-10-14-21)23(22)25(5)17(2)18(3)26(27,6)19(25)4/h8-10,13-14,16,19H,7,11-12,15H2,1-6H3/t19?,25-,26+,27-/m1/s1. The molecule has 3 heteroatoms. The number of halogens is 1. The van der Waals surface area contributed by atoms with Crippen LogP contribution in [0.3, 0.4) is 0 Å². The van der Waals surface area contributed by atoms with Crippen molar-refractivity contribution in [2.24, 2.45) is 16.7 Å². The van der Waals surface area contributed by atoms with Crippen molar-refractivity contribution in [1.29, 1.82) is 0 Å². The van der Waals surface area contributed by atoms with E-state index in [4.69, 9.17) is 16.3 Å². The Morgan fingerprint density at radius 2 is 1.77 bits per heavy atom. The van der Waals surface area contributed by atoms with Gasteiger partial charge in [0.2, 0.25) is 0 Å². The molecular weight excluding hydrogens is 392 g/mol. The lowest BCUT2D eigenvalue weighted by Gasteiger charge is -2.50. The first-order valence-corrected chi connectivity index (χ1v) is 11.7. The summed E-state index contributed by atoms with van der Waals surface area (Å²) in [5.74, 6) is 1.98. The van der Waals surface area contributed by atoms with Crippen LogP contribution >= 0.6 is 11.6 Å². The molecule has 4 atom stereocenters. The maximum atomic E-state index is 14.5. The molecule has 1 aromatic rings. The molecule has 0 radical (unpaired) electrons. The Morgan fingerprint density at radius 3 is 2.37 bits per heavy atom. The fourth-order valence-corrected chi connectivity index (χ4v) is 7.10. The highest BCUT2D eigenvalue weighted by atomic mass is 35.5. The zero-order valence-electron chi connectivity index (χ0n) is 19.1. The van der Waals surface area contributed by atoms with Gasteiger partial charge in [-0.1, -0.05) is 62.2 Å². The van der Waals surface area contributed by atoms with Crippen molar-refractivity contribution in [2.45, 2.75) is 59.8 Å². The van der Waals surface area contributed by atoms with Crippen LogP contribution in [0.5, 0.6) is 0 Å². The molecule has 4 rings (SSSR count). The van der Waals surface area contributed by atoms with Crippen molar-refractivity contribution < 1.29 is 9.53 Å². The van der Waals surface area contributed by atoms with Gasteiger partial charge < -0.3 is 4.74 Å². The third-order valence-corrected chi connectivity index (χ3v) is 9.06. The van der Waals surface area contributed by atoms with Gasteiger partial charge in [0.25, 0.3) is 0 Å². The van der Waals surface area contributed by atoms with Crippen molar-refractivity contribution in [3.8, 4) is 0 Å². The number of Topliss-reactive ketones (excluding diaryl/α,β-unsaturated/α-hetero) is 1. The predicted molar refractivity (Wildman–Crippen MR) is 124 cm³/mol. The van der Waals surface area contributed by atoms with Crippen LogP contribution in [-0.2, 0) is 14.9 Å². The van der Waals surface area contributed by atoms with Crippen LogP contribution in [0.15, 0.2) is 64.5 Å². The molecule has 2 bridgehead atoms. The molecule has 2 nitrogen and oxygen atoms in total. The van der Waals surface area contributed by atoms with Crippen LogP contribution in [0, 0.1) is 16.7 Å². The Morgan fingerprint density at radius 1 is 1.10 bits per heavy atom. The minimum Gasteiger partial charge on any atom is -0.494 e. The summed E-state index contributed by atoms with van der Waals surface area (Å²) in [4.78, 5) is 14.5. The molecule has 30 heavy (non-hydrogen) atoms. The summed E-state index contributed by atoms with van der Waals surface area (Å²) in [7, 11) is 0. The number of rotatable bonds is 6. The van der Waals surface area contributed by atoms with Crippen LogP contribution < -0.4 is 0 Å². The fraction of sp³-hybridized carbons (Fsp3) is 0.519. The molecule has 1 unspecified atom stereocenters. The Bertz CT molecular complexity index is 985. The van der Waals surface area contributed by atoms with E-state index in [2.05, 4.69) is 58.9 Å². The summed E-state index contributed by atoms with van der Waals surface area (Å²) in [6, 6.07) is 10.4. The molecule has 3 aliphatic carbocycles. The van der Waals surface area contributed by atoms with Crippen molar-refractivity contribution in [3.05, 3.63) is 70.0 Å². The normalized spacial score (nSPS) is 35.1. The summed E-state index contributed by atoms with van der Waals surface area (Å²) in [5, 5.41) is 0. The van der Waals surface area contributed by atoms with Gasteiger partial charge in [-0.3, -0.25) is 4.79 Å². The van der Waals surface area contributed by atoms with Gasteiger partial charge in [-0.25, -0.2) is 0 Å². The number of ether oxygens (including phenoxy) is 1. The molecule has 0 aromatic heterocycles. The number of fused-ring (bicyclic) bond motifs is 5. The number of alkyl halides is 1. The average Bonchev–Trinajstić information content (AvgIpc) is 3.00. The minimum atomic E-state index is -0.729. The van der Waals surface area contributed by atoms with Crippen LogP contribution in [-0.4, -0.2) is 18.3 Å². The van der Waals surface area contributed by atoms with Gasteiger partial charge in [0, 0.05) is 27.9 Å². The summed E-state index contributed by atoms with van der Waals surface area (Å²) < 4.78 is 6.29. The van der Waals surface area contributed by atoms with E-state index >= 15 is 0 Å². The molecule has 0 saturated heterocycles. The van der Waals surface area contributed by atoms with E-state index in [0.717, 1.165) is 23.3 Å². The van der Waals surface area contributed by atoms with Crippen LogP contribution in [0.1, 0.15) is 59.9 Å². The number of hydrogen-bond donors (Lipinski definition) is 0. The summed E-state index contributed by atoms with van der Waals surface area (Å²) in [6.45, 7) is 14.1. The largest absolute Gasteiger partial charge is 0.494 e. The molecule has 0 heterocycles. The van der Waals surface area contributed by atoms with E-state index < -0.39 is 5.41 Å². The van der Waals surface area contributed by atoms with Gasteiger partial charge in [-0.2, -0.15) is 0 Å². The van der Waals surface area contributed by atoms with E-state index in [0.29, 0.717) is 24.8 Å². The van der Waals surface area contributed by atoms with Crippen molar-refractivity contribution in [3.63, 3.8) is 0 Å². The Kier molecular flexibility index (Phi) is 5.09. The summed E-state index contributed by atoms with van der Waals surface area (Å²) >= 11 is 6.02. The zero-order valence-corrected chi connectivity index (χ0v) is 19.8. The van der Waals surface area contributed by atoms with Crippen LogP contribution in [0.4, 0.5) is 0 Å². The molecule has 1 fully saturated rings. The molecule has 0 amide bonds. The van der Waals surface area contributed by atoms with E-state index in [-0.39, 0.29) is 16.6 Å². The number of carbonyl (C=O) groups is 1. The van der Waals surface area contributed by atoms with E-state index in [1.165, 1.54) is 16.7 Å². The first-order valence-electron chi connectivity index (χ1n) is 11.2. The highest BCUT2D eigenvalue weighted by molar-refractivity contribution is 6.18. The van der Waals surface area contributed by atoms with Gasteiger partial charge in [-0.15, -0.1) is 11.6 Å². The number of ketones is 1. The lowest BCUT2D eigenvalue weighted by molar-refractivity contribution is -0.123. The quantitative estimate of drug-likeness (QED) is 0.372. The summed E-state index contributed by atoms with van der Waals surface area (Å²) in [6.07, 6.45) is 3.50. The van der Waals surface area contributed by atoms with Gasteiger partial charge in [0.1, 0.15) is 5.76 Å². The second kappa shape index (κ2) is 7.12. The zero-order chi connectivity index (χ0) is 21.9. The van der Waals surface area contributed by atoms with Crippen molar-refractivity contribution >= 4 is 17.4 Å². The van der Waals surface area contributed by atoms with E-state index in [9.17, 15) is 4.79 Å². The Balaban J connectivity index is 2.14. The van der Waals surface area contributed by atoms with Crippen LogP contribution in [0.25, 0.3) is 0 Å². The maximum absolute atomic E-state index is 14.5. The molecule has 160 valence electrons. The number of benzene rings is 1. The van der Waals surface area contributed by atoms with Gasteiger partial charge in [0.05, 0.1) is 12.0 Å². The number of hydrogen-bond acceptors (Lipinski definition) is 2. The molecular formula is C27H33ClO2. The molecule has 1 aromatic carbocycles. The van der Waals surface area contributed by atoms with Gasteiger partial charge in [0.15, 0.2) is 5.78 Å². The predicted octanol–water partition coefficient (Wildman–Crippen LogP) is 6.76. The van der Waals surface area contributed by atoms with Gasteiger partial charge in [-0.05, 0) is 51.2 Å². The second-order valence-corrected chi connectivity index (χ2v) is 9.83. The molecule has 0 spiro atoms. The highest BCUT2D eigenvalue weighted by Crippen LogP contribution is 2.78. The molecule has 0 aliphatic heterocycles.